The summed E-state index contributed by atoms with van der Waals surface area (Å²) >= 11 is 0. The van der Waals surface area contributed by atoms with E-state index in [1.165, 1.54) is 10.6 Å². The quantitative estimate of drug-likeness (QED) is 0.832. The molecular weight excluding hydrogens is 276 g/mol. The largest absolute Gasteiger partial charge is 0.363 e. The highest BCUT2D eigenvalue weighted by molar-refractivity contribution is 7.88. The first-order valence-corrected chi connectivity index (χ1v) is 8.60. The molecule has 0 saturated carbocycles. The lowest BCUT2D eigenvalue weighted by atomic mass is 9.98. The van der Waals surface area contributed by atoms with Crippen molar-refractivity contribution in [3.05, 3.63) is 17.6 Å². The molecule has 1 aromatic rings. The molecule has 0 aliphatic carbocycles. The summed E-state index contributed by atoms with van der Waals surface area (Å²) in [5.41, 5.74) is 0.912. The lowest BCUT2D eigenvalue weighted by Gasteiger charge is -2.30. The minimum absolute atomic E-state index is 0.0806. The molecule has 6 nitrogen and oxygen atoms in total. The minimum Gasteiger partial charge on any atom is -0.363 e. The van der Waals surface area contributed by atoms with Crippen LogP contribution >= 0.6 is 0 Å². The van der Waals surface area contributed by atoms with Crippen LogP contribution in [-0.4, -0.2) is 56.1 Å². The van der Waals surface area contributed by atoms with Gasteiger partial charge in [-0.3, -0.25) is 0 Å². The molecule has 1 aliphatic rings. The first-order chi connectivity index (χ1) is 9.27. The molecule has 0 aromatic carbocycles. The van der Waals surface area contributed by atoms with Crippen LogP contribution in [0.1, 0.15) is 30.3 Å². The van der Waals surface area contributed by atoms with Gasteiger partial charge in [-0.05, 0) is 19.8 Å². The van der Waals surface area contributed by atoms with E-state index in [2.05, 4.69) is 9.97 Å². The molecule has 7 heteroatoms. The number of aromatic nitrogens is 2. The van der Waals surface area contributed by atoms with E-state index >= 15 is 0 Å². The van der Waals surface area contributed by atoms with Gasteiger partial charge in [-0.25, -0.2) is 22.7 Å². The Morgan fingerprint density at radius 2 is 2.05 bits per heavy atom. The summed E-state index contributed by atoms with van der Waals surface area (Å²) in [6.45, 7) is 3.02. The maximum Gasteiger partial charge on any atom is 0.211 e. The average molecular weight is 298 g/mol. The lowest BCUT2D eigenvalue weighted by molar-refractivity contribution is 0.311. The van der Waals surface area contributed by atoms with Crippen LogP contribution in [0.2, 0.25) is 0 Å². The zero-order valence-electron chi connectivity index (χ0n) is 12.5. The van der Waals surface area contributed by atoms with Crippen LogP contribution in [0.15, 0.2) is 6.07 Å². The molecule has 20 heavy (non-hydrogen) atoms. The molecule has 1 fully saturated rings. The number of rotatable bonds is 3. The molecule has 0 spiro atoms. The summed E-state index contributed by atoms with van der Waals surface area (Å²) in [5.74, 6) is 1.70. The van der Waals surface area contributed by atoms with Crippen molar-refractivity contribution in [1.82, 2.24) is 14.3 Å². The molecule has 0 radical (unpaired) electrons. The van der Waals surface area contributed by atoms with Crippen LogP contribution in [-0.2, 0) is 10.0 Å². The second kappa shape index (κ2) is 5.65. The number of piperidine rings is 1. The molecule has 0 amide bonds. The normalized spacial score (nSPS) is 20.9. The van der Waals surface area contributed by atoms with Gasteiger partial charge >= 0.3 is 0 Å². The van der Waals surface area contributed by atoms with Crippen LogP contribution in [0.4, 0.5) is 5.82 Å². The highest BCUT2D eigenvalue weighted by atomic mass is 32.2. The smallest absolute Gasteiger partial charge is 0.211 e. The predicted molar refractivity (Wildman–Crippen MR) is 79.5 cm³/mol. The summed E-state index contributed by atoms with van der Waals surface area (Å²) in [7, 11) is 0.743. The number of aryl methyl sites for hydroxylation is 1. The molecule has 1 saturated heterocycles. The van der Waals surface area contributed by atoms with Crippen molar-refractivity contribution >= 4 is 15.8 Å². The fraction of sp³-hybridized carbons (Fsp3) is 0.692. The molecular formula is C13H22N4O2S. The predicted octanol–water partition coefficient (Wildman–Crippen LogP) is 0.990. The second-order valence-corrected chi connectivity index (χ2v) is 7.56. The first kappa shape index (κ1) is 15.2. The van der Waals surface area contributed by atoms with Gasteiger partial charge < -0.3 is 4.90 Å². The Hall–Kier alpha value is -1.21. The van der Waals surface area contributed by atoms with Crippen molar-refractivity contribution in [2.24, 2.45) is 0 Å². The number of nitrogens with zero attached hydrogens (tertiary/aromatic N) is 4. The molecule has 0 unspecified atom stereocenters. The van der Waals surface area contributed by atoms with Crippen molar-refractivity contribution in [1.29, 1.82) is 0 Å². The molecule has 2 heterocycles. The Kier molecular flexibility index (Phi) is 4.29. The van der Waals surface area contributed by atoms with Crippen LogP contribution in [0, 0.1) is 6.92 Å². The average Bonchev–Trinajstić information content (AvgIpc) is 2.37. The van der Waals surface area contributed by atoms with Gasteiger partial charge in [0.15, 0.2) is 0 Å². The third-order valence-electron chi connectivity index (χ3n) is 3.53. The highest BCUT2D eigenvalue weighted by Gasteiger charge is 2.28. The van der Waals surface area contributed by atoms with Gasteiger partial charge in [-0.15, -0.1) is 0 Å². The van der Waals surface area contributed by atoms with E-state index in [-0.39, 0.29) is 5.92 Å². The topological polar surface area (TPSA) is 66.4 Å². The number of sulfonamides is 1. The summed E-state index contributed by atoms with van der Waals surface area (Å²) in [6, 6.07) is 1.93. The van der Waals surface area contributed by atoms with E-state index in [0.717, 1.165) is 30.2 Å². The van der Waals surface area contributed by atoms with Crippen molar-refractivity contribution in [2.45, 2.75) is 25.7 Å². The number of hydrogen-bond acceptors (Lipinski definition) is 5. The van der Waals surface area contributed by atoms with E-state index in [4.69, 9.17) is 0 Å². The van der Waals surface area contributed by atoms with E-state index in [0.29, 0.717) is 13.1 Å². The standard InChI is InChI=1S/C13H22N4O2S/c1-10-8-12(16(2)3)15-13(14-10)11-6-5-7-17(9-11)20(4,18)19/h8,11H,5-7,9H2,1-4H3/t11-/m1/s1. The summed E-state index contributed by atoms with van der Waals surface area (Å²) in [5, 5.41) is 0. The van der Waals surface area contributed by atoms with Gasteiger partial charge in [0.2, 0.25) is 10.0 Å². The van der Waals surface area contributed by atoms with Crippen LogP contribution in [0.25, 0.3) is 0 Å². The first-order valence-electron chi connectivity index (χ1n) is 6.75. The highest BCUT2D eigenvalue weighted by Crippen LogP contribution is 2.27. The number of anilines is 1. The third kappa shape index (κ3) is 3.46. The Balaban J connectivity index is 2.27. The van der Waals surface area contributed by atoms with Gasteiger partial charge in [0.05, 0.1) is 6.26 Å². The van der Waals surface area contributed by atoms with Gasteiger partial charge in [-0.2, -0.15) is 0 Å². The van der Waals surface area contributed by atoms with E-state index in [1.807, 2.05) is 32.0 Å². The third-order valence-corrected chi connectivity index (χ3v) is 4.80. The van der Waals surface area contributed by atoms with Gasteiger partial charge in [0.1, 0.15) is 11.6 Å². The van der Waals surface area contributed by atoms with Crippen LogP contribution in [0.3, 0.4) is 0 Å². The van der Waals surface area contributed by atoms with Crippen LogP contribution in [0.5, 0.6) is 0 Å². The lowest BCUT2D eigenvalue weighted by Crippen LogP contribution is -2.38. The number of hydrogen-bond donors (Lipinski definition) is 0. The zero-order valence-corrected chi connectivity index (χ0v) is 13.3. The Bertz CT molecular complexity index is 586. The molecule has 1 aliphatic heterocycles. The summed E-state index contributed by atoms with van der Waals surface area (Å²) in [4.78, 5) is 11.0. The molecule has 0 N–H and O–H groups in total. The summed E-state index contributed by atoms with van der Waals surface area (Å²) < 4.78 is 24.9. The zero-order chi connectivity index (χ0) is 14.9. The van der Waals surface area contributed by atoms with Gasteiger partial charge in [-0.1, -0.05) is 0 Å². The van der Waals surface area contributed by atoms with Crippen molar-refractivity contribution < 1.29 is 8.42 Å². The van der Waals surface area contributed by atoms with E-state index in [1.54, 1.807) is 0 Å². The molecule has 2 rings (SSSR count). The van der Waals surface area contributed by atoms with E-state index < -0.39 is 10.0 Å². The SMILES string of the molecule is Cc1cc(N(C)C)nc([C@@H]2CCCN(S(C)(=O)=O)C2)n1. The van der Waals surface area contributed by atoms with E-state index in [9.17, 15) is 8.42 Å². The summed E-state index contributed by atoms with van der Waals surface area (Å²) in [6.07, 6.45) is 3.05. The second-order valence-electron chi connectivity index (χ2n) is 5.58. The van der Waals surface area contributed by atoms with Crippen LogP contribution < -0.4 is 4.90 Å². The maximum absolute atomic E-state index is 11.7. The van der Waals surface area contributed by atoms with Crippen molar-refractivity contribution in [3.8, 4) is 0 Å². The van der Waals surface area contributed by atoms with Crippen molar-refractivity contribution in [3.63, 3.8) is 0 Å². The van der Waals surface area contributed by atoms with Crippen molar-refractivity contribution in [2.75, 3.05) is 38.3 Å². The fourth-order valence-electron chi connectivity index (χ4n) is 2.44. The Morgan fingerprint density at radius 3 is 2.65 bits per heavy atom. The molecule has 0 bridgehead atoms. The molecule has 112 valence electrons. The fourth-order valence-corrected chi connectivity index (χ4v) is 3.35. The van der Waals surface area contributed by atoms with Gasteiger partial charge in [0, 0.05) is 44.9 Å². The Morgan fingerprint density at radius 1 is 1.35 bits per heavy atom. The van der Waals surface area contributed by atoms with Gasteiger partial charge in [0.25, 0.3) is 0 Å². The maximum atomic E-state index is 11.7. The molecule has 1 aromatic heterocycles. The minimum atomic E-state index is -3.14. The Labute approximate surface area is 120 Å². The monoisotopic (exact) mass is 298 g/mol. The molecule has 1 atom stereocenters.